The van der Waals surface area contributed by atoms with E-state index in [4.69, 9.17) is 9.47 Å². The van der Waals surface area contributed by atoms with Crippen molar-refractivity contribution in [2.75, 3.05) is 38.5 Å². The second-order valence-electron chi connectivity index (χ2n) is 5.46. The van der Waals surface area contributed by atoms with Gasteiger partial charge in [0, 0.05) is 14.1 Å². The van der Waals surface area contributed by atoms with Crippen molar-refractivity contribution in [1.82, 2.24) is 9.97 Å². The van der Waals surface area contributed by atoms with Crippen molar-refractivity contribution in [2.24, 2.45) is 0 Å². The maximum absolute atomic E-state index is 12.7. The van der Waals surface area contributed by atoms with Crippen molar-refractivity contribution in [1.29, 1.82) is 0 Å². The molecule has 7 heteroatoms. The zero-order chi connectivity index (χ0) is 17.9. The van der Waals surface area contributed by atoms with Crippen LogP contribution in [0.25, 0.3) is 0 Å². The van der Waals surface area contributed by atoms with Gasteiger partial charge in [0.05, 0.1) is 36.9 Å². The molecule has 0 fully saturated rings. The Morgan fingerprint density at radius 2 is 1.71 bits per heavy atom. The first-order chi connectivity index (χ1) is 11.4. The standard InChI is InChI=1S/C17H22N4O3/c1-10-14(11(2)19-17(18-10)21(3)4)20-16(22)12-8-7-9-13(23-5)15(12)24-6/h7-9H,1-6H3,(H,20,22). The van der Waals surface area contributed by atoms with Crippen molar-refractivity contribution in [3.8, 4) is 11.5 Å². The number of hydrogen-bond donors (Lipinski definition) is 1. The van der Waals surface area contributed by atoms with E-state index >= 15 is 0 Å². The van der Waals surface area contributed by atoms with E-state index in [-0.39, 0.29) is 5.91 Å². The number of nitrogens with one attached hydrogen (secondary N) is 1. The lowest BCUT2D eigenvalue weighted by atomic mass is 10.1. The van der Waals surface area contributed by atoms with Crippen molar-refractivity contribution < 1.29 is 14.3 Å². The predicted octanol–water partition coefficient (Wildman–Crippen LogP) is 2.43. The van der Waals surface area contributed by atoms with Crippen LogP contribution in [0.4, 0.5) is 11.6 Å². The van der Waals surface area contributed by atoms with E-state index in [0.29, 0.717) is 40.1 Å². The van der Waals surface area contributed by atoms with Crippen LogP contribution in [0, 0.1) is 13.8 Å². The maximum Gasteiger partial charge on any atom is 0.259 e. The summed E-state index contributed by atoms with van der Waals surface area (Å²) < 4.78 is 10.5. The molecule has 24 heavy (non-hydrogen) atoms. The third-order valence-corrected chi connectivity index (χ3v) is 3.55. The highest BCUT2D eigenvalue weighted by atomic mass is 16.5. The summed E-state index contributed by atoms with van der Waals surface area (Å²) in [6, 6.07) is 5.15. The lowest BCUT2D eigenvalue weighted by Gasteiger charge is -2.17. The van der Waals surface area contributed by atoms with Gasteiger partial charge in [-0.25, -0.2) is 9.97 Å². The van der Waals surface area contributed by atoms with Crippen LogP contribution in [0.15, 0.2) is 18.2 Å². The van der Waals surface area contributed by atoms with Gasteiger partial charge in [-0.15, -0.1) is 0 Å². The Balaban J connectivity index is 2.38. The maximum atomic E-state index is 12.7. The summed E-state index contributed by atoms with van der Waals surface area (Å²) >= 11 is 0. The molecule has 0 unspecified atom stereocenters. The zero-order valence-corrected chi connectivity index (χ0v) is 14.8. The Morgan fingerprint density at radius 3 is 2.21 bits per heavy atom. The van der Waals surface area contributed by atoms with Crippen molar-refractivity contribution >= 4 is 17.5 Å². The van der Waals surface area contributed by atoms with E-state index in [1.54, 1.807) is 18.2 Å². The molecule has 0 radical (unpaired) electrons. The number of anilines is 2. The van der Waals surface area contributed by atoms with Gasteiger partial charge in [-0.05, 0) is 26.0 Å². The van der Waals surface area contributed by atoms with Gasteiger partial charge in [-0.1, -0.05) is 6.07 Å². The van der Waals surface area contributed by atoms with Gasteiger partial charge in [0.15, 0.2) is 11.5 Å². The summed E-state index contributed by atoms with van der Waals surface area (Å²) in [6.45, 7) is 3.67. The predicted molar refractivity (Wildman–Crippen MR) is 93.3 cm³/mol. The molecule has 0 aliphatic carbocycles. The molecule has 0 aliphatic rings. The molecule has 0 saturated heterocycles. The number of rotatable bonds is 5. The van der Waals surface area contributed by atoms with Gasteiger partial charge in [-0.3, -0.25) is 4.79 Å². The molecule has 2 aromatic rings. The van der Waals surface area contributed by atoms with Crippen molar-refractivity contribution in [3.63, 3.8) is 0 Å². The molecule has 0 atom stereocenters. The highest BCUT2D eigenvalue weighted by molar-refractivity contribution is 6.07. The number of methoxy groups -OCH3 is 2. The number of benzene rings is 1. The highest BCUT2D eigenvalue weighted by Crippen LogP contribution is 2.31. The molecule has 2 rings (SSSR count). The Hall–Kier alpha value is -2.83. The van der Waals surface area contributed by atoms with Gasteiger partial charge < -0.3 is 19.7 Å². The van der Waals surface area contributed by atoms with Crippen LogP contribution < -0.4 is 19.7 Å². The summed E-state index contributed by atoms with van der Waals surface area (Å²) in [5.74, 6) is 1.18. The number of para-hydroxylation sites is 1. The molecule has 0 spiro atoms. The minimum Gasteiger partial charge on any atom is -0.493 e. The average Bonchev–Trinajstić information content (AvgIpc) is 2.56. The van der Waals surface area contributed by atoms with Crippen LogP contribution in [0.1, 0.15) is 21.7 Å². The van der Waals surface area contributed by atoms with Gasteiger partial charge in [-0.2, -0.15) is 0 Å². The van der Waals surface area contributed by atoms with E-state index in [1.165, 1.54) is 14.2 Å². The van der Waals surface area contributed by atoms with E-state index in [9.17, 15) is 4.79 Å². The first-order valence-corrected chi connectivity index (χ1v) is 7.44. The number of carbonyl (C=O) groups is 1. The molecule has 1 aromatic heterocycles. The van der Waals surface area contributed by atoms with Crippen LogP contribution in [-0.4, -0.2) is 44.2 Å². The lowest BCUT2D eigenvalue weighted by Crippen LogP contribution is -2.19. The van der Waals surface area contributed by atoms with E-state index in [1.807, 2.05) is 32.8 Å². The number of hydrogen-bond acceptors (Lipinski definition) is 6. The number of amides is 1. The number of ether oxygens (including phenoxy) is 2. The number of aryl methyl sites for hydroxylation is 2. The van der Waals surface area contributed by atoms with E-state index in [0.717, 1.165) is 0 Å². The van der Waals surface area contributed by atoms with Crippen LogP contribution in [-0.2, 0) is 0 Å². The molecular formula is C17H22N4O3. The summed E-state index contributed by atoms with van der Waals surface area (Å²) in [5, 5.41) is 2.87. The molecule has 0 bridgehead atoms. The fourth-order valence-electron chi connectivity index (χ4n) is 2.33. The van der Waals surface area contributed by atoms with E-state index < -0.39 is 0 Å². The molecule has 0 saturated carbocycles. The zero-order valence-electron chi connectivity index (χ0n) is 14.8. The normalized spacial score (nSPS) is 10.2. The van der Waals surface area contributed by atoms with Crippen molar-refractivity contribution in [3.05, 3.63) is 35.2 Å². The SMILES string of the molecule is COc1cccc(C(=O)Nc2c(C)nc(N(C)C)nc2C)c1OC. The Labute approximate surface area is 141 Å². The van der Waals surface area contributed by atoms with Gasteiger partial charge in [0.1, 0.15) is 0 Å². The van der Waals surface area contributed by atoms with Gasteiger partial charge >= 0.3 is 0 Å². The second kappa shape index (κ2) is 7.16. The summed E-state index contributed by atoms with van der Waals surface area (Å²) in [7, 11) is 6.77. The Morgan fingerprint density at radius 1 is 1.08 bits per heavy atom. The largest absolute Gasteiger partial charge is 0.493 e. The molecule has 1 heterocycles. The topological polar surface area (TPSA) is 76.6 Å². The third kappa shape index (κ3) is 3.40. The molecule has 7 nitrogen and oxygen atoms in total. The average molecular weight is 330 g/mol. The number of carbonyl (C=O) groups excluding carboxylic acids is 1. The second-order valence-corrected chi connectivity index (χ2v) is 5.46. The molecule has 0 aliphatic heterocycles. The fourth-order valence-corrected chi connectivity index (χ4v) is 2.33. The van der Waals surface area contributed by atoms with Crippen LogP contribution >= 0.6 is 0 Å². The van der Waals surface area contributed by atoms with Crippen LogP contribution in [0.2, 0.25) is 0 Å². The summed E-state index contributed by atoms with van der Waals surface area (Å²) in [4.78, 5) is 23.3. The quantitative estimate of drug-likeness (QED) is 0.907. The Kier molecular flexibility index (Phi) is 5.23. The number of nitrogens with zero attached hydrogens (tertiary/aromatic N) is 3. The Bertz CT molecular complexity index is 736. The minimum atomic E-state index is -0.307. The molecular weight excluding hydrogens is 308 g/mol. The molecule has 1 N–H and O–H groups in total. The monoisotopic (exact) mass is 330 g/mol. The molecule has 1 aromatic carbocycles. The van der Waals surface area contributed by atoms with Gasteiger partial charge in [0.25, 0.3) is 5.91 Å². The molecule has 1 amide bonds. The van der Waals surface area contributed by atoms with Crippen LogP contribution in [0.5, 0.6) is 11.5 Å². The van der Waals surface area contributed by atoms with E-state index in [2.05, 4.69) is 15.3 Å². The fraction of sp³-hybridized carbons (Fsp3) is 0.353. The lowest BCUT2D eigenvalue weighted by molar-refractivity contribution is 0.102. The van der Waals surface area contributed by atoms with Gasteiger partial charge in [0.2, 0.25) is 5.95 Å². The molecule has 128 valence electrons. The summed E-state index contributed by atoms with van der Waals surface area (Å²) in [6.07, 6.45) is 0. The van der Waals surface area contributed by atoms with Crippen molar-refractivity contribution in [2.45, 2.75) is 13.8 Å². The first-order valence-electron chi connectivity index (χ1n) is 7.44. The highest BCUT2D eigenvalue weighted by Gasteiger charge is 2.19. The summed E-state index contributed by atoms with van der Waals surface area (Å²) in [5.41, 5.74) is 2.37. The van der Waals surface area contributed by atoms with Crippen LogP contribution in [0.3, 0.4) is 0 Å². The third-order valence-electron chi connectivity index (χ3n) is 3.55. The number of aromatic nitrogens is 2. The first kappa shape index (κ1) is 17.5. The minimum absolute atomic E-state index is 0.307. The smallest absolute Gasteiger partial charge is 0.259 e.